The van der Waals surface area contributed by atoms with Crippen LogP contribution < -0.4 is 10.1 Å². The Kier molecular flexibility index (Phi) is 6.34. The van der Waals surface area contributed by atoms with Gasteiger partial charge in [0, 0.05) is 12.8 Å². The van der Waals surface area contributed by atoms with E-state index in [1.807, 2.05) is 11.4 Å². The van der Waals surface area contributed by atoms with Gasteiger partial charge in [0.05, 0.1) is 22.7 Å². The molecule has 4 rings (SSSR count). The van der Waals surface area contributed by atoms with Gasteiger partial charge in [-0.25, -0.2) is 9.07 Å². The number of hydrogen-bond acceptors (Lipinski definition) is 6. The van der Waals surface area contributed by atoms with Gasteiger partial charge in [-0.2, -0.15) is 4.98 Å². The highest BCUT2D eigenvalue weighted by Gasteiger charge is 2.18. The number of ether oxygens (including phenoxy) is 2. The first-order valence-corrected chi connectivity index (χ1v) is 10.3. The predicted molar refractivity (Wildman–Crippen MR) is 116 cm³/mol. The van der Waals surface area contributed by atoms with E-state index in [1.165, 1.54) is 22.1 Å². The molecule has 1 amide bonds. The van der Waals surface area contributed by atoms with Crippen molar-refractivity contribution in [3.8, 4) is 23.1 Å². The molecule has 9 heteroatoms. The zero-order valence-electron chi connectivity index (χ0n) is 16.6. The monoisotopic (exact) mass is 438 g/mol. The van der Waals surface area contributed by atoms with Crippen molar-refractivity contribution in [2.75, 3.05) is 25.6 Å². The Balaban J connectivity index is 1.62. The third-order valence-electron chi connectivity index (χ3n) is 4.34. The first kappa shape index (κ1) is 20.7. The minimum Gasteiger partial charge on any atom is -0.460 e. The highest BCUT2D eigenvalue weighted by atomic mass is 32.1. The van der Waals surface area contributed by atoms with Crippen molar-refractivity contribution < 1.29 is 18.7 Å². The van der Waals surface area contributed by atoms with Gasteiger partial charge in [-0.05, 0) is 47.8 Å². The molecule has 0 saturated heterocycles. The van der Waals surface area contributed by atoms with Gasteiger partial charge in [0.1, 0.15) is 12.4 Å². The van der Waals surface area contributed by atoms with Gasteiger partial charge in [-0.3, -0.25) is 4.79 Å². The van der Waals surface area contributed by atoms with Gasteiger partial charge >= 0.3 is 6.01 Å². The van der Waals surface area contributed by atoms with Crippen molar-refractivity contribution in [3.05, 3.63) is 76.7 Å². The van der Waals surface area contributed by atoms with Gasteiger partial charge in [-0.15, -0.1) is 16.4 Å². The maximum atomic E-state index is 14.4. The molecule has 0 atom stereocenters. The quantitative estimate of drug-likeness (QED) is 0.412. The Hall–Kier alpha value is -3.56. The molecule has 2 aromatic carbocycles. The average Bonchev–Trinajstić information content (AvgIpc) is 3.45. The van der Waals surface area contributed by atoms with E-state index in [2.05, 4.69) is 15.4 Å². The molecule has 0 spiro atoms. The van der Waals surface area contributed by atoms with Gasteiger partial charge in [0.2, 0.25) is 0 Å². The summed E-state index contributed by atoms with van der Waals surface area (Å²) in [5.41, 5.74) is 1.57. The van der Waals surface area contributed by atoms with Crippen molar-refractivity contribution in [2.45, 2.75) is 0 Å². The first-order chi connectivity index (χ1) is 15.2. The number of benzene rings is 2. The highest BCUT2D eigenvalue weighted by Crippen LogP contribution is 2.26. The summed E-state index contributed by atoms with van der Waals surface area (Å²) >= 11 is 1.37. The third kappa shape index (κ3) is 4.79. The lowest BCUT2D eigenvalue weighted by molar-refractivity contribution is 0.103. The SMILES string of the molecule is COCCOc1nc(-c2ccccc2F)n(-c2ccc(NC(=O)c3cccs3)cc2)n1. The van der Waals surface area contributed by atoms with E-state index in [1.54, 1.807) is 55.6 Å². The van der Waals surface area contributed by atoms with Crippen LogP contribution in [0, 0.1) is 5.82 Å². The summed E-state index contributed by atoms with van der Waals surface area (Å²) in [7, 11) is 1.57. The molecule has 0 aliphatic rings. The second kappa shape index (κ2) is 9.50. The molecule has 0 aliphatic carbocycles. The van der Waals surface area contributed by atoms with Crippen LogP contribution in [0.3, 0.4) is 0 Å². The number of methoxy groups -OCH3 is 1. The molecule has 31 heavy (non-hydrogen) atoms. The van der Waals surface area contributed by atoms with Crippen LogP contribution in [0.4, 0.5) is 10.1 Å². The molecule has 0 bridgehead atoms. The largest absolute Gasteiger partial charge is 0.460 e. The molecule has 0 saturated carbocycles. The number of nitrogens with zero attached hydrogens (tertiary/aromatic N) is 3. The van der Waals surface area contributed by atoms with Crippen LogP contribution in [0.25, 0.3) is 17.1 Å². The molecule has 4 aromatic rings. The lowest BCUT2D eigenvalue weighted by atomic mass is 10.2. The van der Waals surface area contributed by atoms with Crippen LogP contribution in [-0.4, -0.2) is 41.0 Å². The number of aromatic nitrogens is 3. The number of amides is 1. The summed E-state index contributed by atoms with van der Waals surface area (Å²) in [5.74, 6) is -0.287. The van der Waals surface area contributed by atoms with Crippen LogP contribution in [0.1, 0.15) is 9.67 Å². The zero-order chi connectivity index (χ0) is 21.6. The van der Waals surface area contributed by atoms with Crippen LogP contribution in [0.5, 0.6) is 6.01 Å². The maximum absolute atomic E-state index is 14.4. The zero-order valence-corrected chi connectivity index (χ0v) is 17.4. The Morgan fingerprint density at radius 1 is 1.10 bits per heavy atom. The fraction of sp³-hybridized carbons (Fsp3) is 0.136. The second-order valence-corrected chi connectivity index (χ2v) is 7.38. The van der Waals surface area contributed by atoms with Gasteiger partial charge in [-0.1, -0.05) is 18.2 Å². The molecule has 0 radical (unpaired) electrons. The van der Waals surface area contributed by atoms with E-state index >= 15 is 0 Å². The fourth-order valence-electron chi connectivity index (χ4n) is 2.85. The third-order valence-corrected chi connectivity index (χ3v) is 5.20. The smallest absolute Gasteiger partial charge is 0.336 e. The topological polar surface area (TPSA) is 78.3 Å². The van der Waals surface area contributed by atoms with E-state index in [4.69, 9.17) is 9.47 Å². The number of nitrogens with one attached hydrogen (secondary N) is 1. The number of carbonyl (C=O) groups excluding carboxylic acids is 1. The number of hydrogen-bond donors (Lipinski definition) is 1. The number of rotatable bonds is 8. The number of thiophene rings is 1. The van der Waals surface area contributed by atoms with Crippen LogP contribution in [0.2, 0.25) is 0 Å². The first-order valence-electron chi connectivity index (χ1n) is 9.44. The molecule has 0 fully saturated rings. The summed E-state index contributed by atoms with van der Waals surface area (Å²) in [4.78, 5) is 17.2. The molecule has 7 nitrogen and oxygen atoms in total. The summed E-state index contributed by atoms with van der Waals surface area (Å²) in [6, 6.07) is 17.1. The van der Waals surface area contributed by atoms with Crippen molar-refractivity contribution >= 4 is 22.9 Å². The van der Waals surface area contributed by atoms with Crippen molar-refractivity contribution in [1.29, 1.82) is 0 Å². The Labute approximate surface area is 182 Å². The van der Waals surface area contributed by atoms with Crippen molar-refractivity contribution in [1.82, 2.24) is 14.8 Å². The summed E-state index contributed by atoms with van der Waals surface area (Å²) < 4.78 is 26.4. The standard InChI is InChI=1S/C22H19FN4O3S/c1-29-12-13-30-22-25-20(17-5-2-3-6-18(17)23)27(26-22)16-10-8-15(9-11-16)24-21(28)19-7-4-14-31-19/h2-11,14H,12-13H2,1H3,(H,24,28). The molecular formula is C22H19FN4O3S. The molecule has 2 heterocycles. The van der Waals surface area contributed by atoms with E-state index in [0.717, 1.165) is 0 Å². The van der Waals surface area contributed by atoms with E-state index < -0.39 is 5.82 Å². The summed E-state index contributed by atoms with van der Waals surface area (Å²) in [6.07, 6.45) is 0. The maximum Gasteiger partial charge on any atom is 0.336 e. The molecule has 2 aromatic heterocycles. The van der Waals surface area contributed by atoms with E-state index in [0.29, 0.717) is 34.2 Å². The molecular weight excluding hydrogens is 419 g/mol. The second-order valence-electron chi connectivity index (χ2n) is 6.43. The number of anilines is 1. The van der Waals surface area contributed by atoms with Gasteiger partial charge in [0.15, 0.2) is 5.82 Å². The van der Waals surface area contributed by atoms with Crippen LogP contribution in [-0.2, 0) is 4.74 Å². The molecule has 0 unspecified atom stereocenters. The molecule has 158 valence electrons. The van der Waals surface area contributed by atoms with Crippen molar-refractivity contribution in [2.24, 2.45) is 0 Å². The average molecular weight is 438 g/mol. The summed E-state index contributed by atoms with van der Waals surface area (Å²) in [6.45, 7) is 0.646. The number of halogens is 1. The Morgan fingerprint density at radius 2 is 1.90 bits per heavy atom. The summed E-state index contributed by atoms with van der Waals surface area (Å²) in [5, 5.41) is 9.07. The normalized spacial score (nSPS) is 10.8. The molecule has 1 N–H and O–H groups in total. The van der Waals surface area contributed by atoms with E-state index in [-0.39, 0.29) is 18.5 Å². The molecule has 0 aliphatic heterocycles. The minimum absolute atomic E-state index is 0.116. The Bertz CT molecular complexity index is 1160. The predicted octanol–water partition coefficient (Wildman–Crippen LogP) is 4.41. The fourth-order valence-corrected chi connectivity index (χ4v) is 3.47. The van der Waals surface area contributed by atoms with Crippen LogP contribution >= 0.6 is 11.3 Å². The lowest BCUT2D eigenvalue weighted by Crippen LogP contribution is -2.10. The van der Waals surface area contributed by atoms with Crippen LogP contribution in [0.15, 0.2) is 66.0 Å². The van der Waals surface area contributed by atoms with Gasteiger partial charge in [0.25, 0.3) is 5.91 Å². The van der Waals surface area contributed by atoms with Crippen molar-refractivity contribution in [3.63, 3.8) is 0 Å². The van der Waals surface area contributed by atoms with E-state index in [9.17, 15) is 9.18 Å². The highest BCUT2D eigenvalue weighted by molar-refractivity contribution is 7.12. The Morgan fingerprint density at radius 3 is 2.61 bits per heavy atom. The number of carbonyl (C=O) groups is 1. The minimum atomic E-state index is -0.417. The van der Waals surface area contributed by atoms with Gasteiger partial charge < -0.3 is 14.8 Å². The lowest BCUT2D eigenvalue weighted by Gasteiger charge is -2.08.